The van der Waals surface area contributed by atoms with Crippen molar-refractivity contribution < 1.29 is 9.32 Å². The first-order valence-electron chi connectivity index (χ1n) is 7.83. The molecule has 3 heterocycles. The molecule has 9 nitrogen and oxygen atoms in total. The number of thiazole rings is 1. The number of amides is 1. The van der Waals surface area contributed by atoms with E-state index in [-0.39, 0.29) is 18.9 Å². The van der Waals surface area contributed by atoms with Crippen LogP contribution >= 0.6 is 22.9 Å². The molecular weight excluding hydrogens is 390 g/mol. The molecule has 2 N–H and O–H groups in total. The van der Waals surface area contributed by atoms with Crippen LogP contribution in [-0.4, -0.2) is 36.2 Å². The Morgan fingerprint density at radius 1 is 1.33 bits per heavy atom. The lowest BCUT2D eigenvalue weighted by atomic mass is 10.2. The van der Waals surface area contributed by atoms with Crippen molar-refractivity contribution >= 4 is 28.8 Å². The van der Waals surface area contributed by atoms with Crippen LogP contribution in [0.1, 0.15) is 11.6 Å². The second-order valence-corrected chi connectivity index (χ2v) is 6.75. The molecule has 0 atom stereocenters. The number of benzene rings is 1. The number of hydrogen-bond acceptors (Lipinski definition) is 8. The highest BCUT2D eigenvalue weighted by molar-refractivity contribution is 7.13. The van der Waals surface area contributed by atoms with Crippen LogP contribution in [-0.2, 0) is 17.8 Å². The van der Waals surface area contributed by atoms with Crippen molar-refractivity contribution in [1.82, 2.24) is 35.6 Å². The Bertz CT molecular complexity index is 1060. The standard InChI is InChI=1S/C16H12ClN7O2S/c17-10-3-1-2-9(4-10)14-22-13(26-24-14)6-18-12(25)5-11-7-27-16(21-11)15-19-8-20-23-15/h1-4,7-8H,5-6H2,(H,18,25)(H,19,20,23). The van der Waals surface area contributed by atoms with Crippen molar-refractivity contribution in [3.63, 3.8) is 0 Å². The number of carbonyl (C=O) groups is 1. The van der Waals surface area contributed by atoms with Crippen LogP contribution in [0.25, 0.3) is 22.2 Å². The summed E-state index contributed by atoms with van der Waals surface area (Å²) in [6.07, 6.45) is 1.55. The van der Waals surface area contributed by atoms with E-state index in [0.29, 0.717) is 33.3 Å². The van der Waals surface area contributed by atoms with Crippen molar-refractivity contribution in [3.05, 3.63) is 52.6 Å². The normalized spacial score (nSPS) is 10.9. The van der Waals surface area contributed by atoms with Crippen molar-refractivity contribution in [3.8, 4) is 22.2 Å². The molecule has 1 aromatic carbocycles. The van der Waals surface area contributed by atoms with Gasteiger partial charge in [-0.2, -0.15) is 10.1 Å². The Kier molecular flexibility index (Phi) is 4.90. The van der Waals surface area contributed by atoms with E-state index >= 15 is 0 Å². The molecule has 0 spiro atoms. The van der Waals surface area contributed by atoms with E-state index < -0.39 is 0 Å². The minimum absolute atomic E-state index is 0.130. The van der Waals surface area contributed by atoms with E-state index in [4.69, 9.17) is 16.1 Å². The molecule has 27 heavy (non-hydrogen) atoms. The van der Waals surface area contributed by atoms with Gasteiger partial charge in [0.2, 0.25) is 17.6 Å². The van der Waals surface area contributed by atoms with E-state index in [0.717, 1.165) is 5.56 Å². The molecule has 1 amide bonds. The molecule has 3 aromatic heterocycles. The van der Waals surface area contributed by atoms with Crippen LogP contribution in [0.2, 0.25) is 5.02 Å². The molecule has 0 bridgehead atoms. The summed E-state index contributed by atoms with van der Waals surface area (Å²) in [5, 5.41) is 16.2. The van der Waals surface area contributed by atoms with E-state index in [1.807, 2.05) is 6.07 Å². The molecule has 0 fully saturated rings. The van der Waals surface area contributed by atoms with Gasteiger partial charge in [-0.1, -0.05) is 28.9 Å². The number of aromatic amines is 1. The third-order valence-electron chi connectivity index (χ3n) is 3.50. The average molecular weight is 402 g/mol. The minimum Gasteiger partial charge on any atom is -0.347 e. The van der Waals surface area contributed by atoms with Crippen molar-refractivity contribution in [2.45, 2.75) is 13.0 Å². The Balaban J connectivity index is 1.33. The maximum atomic E-state index is 12.1. The van der Waals surface area contributed by atoms with Crippen molar-refractivity contribution in [2.75, 3.05) is 0 Å². The number of halogens is 1. The summed E-state index contributed by atoms with van der Waals surface area (Å²) in [6, 6.07) is 7.13. The van der Waals surface area contributed by atoms with Gasteiger partial charge in [-0.15, -0.1) is 11.3 Å². The molecule has 0 aliphatic rings. The zero-order chi connectivity index (χ0) is 18.6. The summed E-state index contributed by atoms with van der Waals surface area (Å²) in [4.78, 5) is 24.8. The molecule has 0 unspecified atom stereocenters. The second kappa shape index (κ2) is 7.64. The van der Waals surface area contributed by atoms with E-state index in [1.165, 1.54) is 17.7 Å². The first-order valence-corrected chi connectivity index (χ1v) is 9.08. The predicted molar refractivity (Wildman–Crippen MR) is 97.8 cm³/mol. The lowest BCUT2D eigenvalue weighted by molar-refractivity contribution is -0.120. The molecule has 0 radical (unpaired) electrons. The lowest BCUT2D eigenvalue weighted by Gasteiger charge is -1.99. The molecule has 0 aliphatic heterocycles. The van der Waals surface area contributed by atoms with Crippen LogP contribution < -0.4 is 5.32 Å². The predicted octanol–water partition coefficient (Wildman–Crippen LogP) is 2.49. The number of rotatable bonds is 6. The van der Waals surface area contributed by atoms with Crippen LogP contribution in [0, 0.1) is 0 Å². The summed E-state index contributed by atoms with van der Waals surface area (Å²) in [5.41, 5.74) is 1.39. The van der Waals surface area contributed by atoms with Crippen LogP contribution in [0.4, 0.5) is 0 Å². The fourth-order valence-electron chi connectivity index (χ4n) is 2.28. The molecule has 0 aliphatic carbocycles. The lowest BCUT2D eigenvalue weighted by Crippen LogP contribution is -2.24. The van der Waals surface area contributed by atoms with E-state index in [1.54, 1.807) is 23.6 Å². The fraction of sp³-hybridized carbons (Fsp3) is 0.125. The number of H-pyrrole nitrogens is 1. The largest absolute Gasteiger partial charge is 0.347 e. The summed E-state index contributed by atoms with van der Waals surface area (Å²) >= 11 is 7.35. The summed E-state index contributed by atoms with van der Waals surface area (Å²) < 4.78 is 5.16. The summed E-state index contributed by atoms with van der Waals surface area (Å²) in [6.45, 7) is 0.130. The minimum atomic E-state index is -0.202. The average Bonchev–Trinajstić information content (AvgIpc) is 3.41. The topological polar surface area (TPSA) is 122 Å². The highest BCUT2D eigenvalue weighted by Gasteiger charge is 2.13. The van der Waals surface area contributed by atoms with Crippen LogP contribution in [0.15, 0.2) is 40.5 Å². The molecule has 0 saturated heterocycles. The first-order chi connectivity index (χ1) is 13.2. The van der Waals surface area contributed by atoms with Gasteiger partial charge in [-0.3, -0.25) is 9.89 Å². The van der Waals surface area contributed by atoms with Crippen LogP contribution in [0.3, 0.4) is 0 Å². The Hall–Kier alpha value is -3.11. The number of hydrogen-bond donors (Lipinski definition) is 2. The highest BCUT2D eigenvalue weighted by Crippen LogP contribution is 2.20. The number of nitrogens with zero attached hydrogens (tertiary/aromatic N) is 5. The third kappa shape index (κ3) is 4.18. The van der Waals surface area contributed by atoms with E-state index in [2.05, 4.69) is 35.6 Å². The highest BCUT2D eigenvalue weighted by atomic mass is 35.5. The zero-order valence-corrected chi connectivity index (χ0v) is 15.3. The maximum absolute atomic E-state index is 12.1. The first kappa shape index (κ1) is 17.3. The van der Waals surface area contributed by atoms with Gasteiger partial charge < -0.3 is 9.84 Å². The number of nitrogens with one attached hydrogen (secondary N) is 2. The van der Waals surface area contributed by atoms with Crippen molar-refractivity contribution in [2.24, 2.45) is 0 Å². The van der Waals surface area contributed by atoms with Gasteiger partial charge in [0.25, 0.3) is 0 Å². The smallest absolute Gasteiger partial charge is 0.246 e. The third-order valence-corrected chi connectivity index (χ3v) is 4.63. The van der Waals surface area contributed by atoms with Gasteiger partial charge in [0.05, 0.1) is 18.7 Å². The zero-order valence-electron chi connectivity index (χ0n) is 13.7. The van der Waals surface area contributed by atoms with Gasteiger partial charge >= 0.3 is 0 Å². The van der Waals surface area contributed by atoms with Gasteiger partial charge in [0, 0.05) is 16.0 Å². The SMILES string of the molecule is O=C(Cc1csc(-c2ncn[nH]2)n1)NCc1nc(-c2cccc(Cl)c2)no1. The van der Waals surface area contributed by atoms with Crippen LogP contribution in [0.5, 0.6) is 0 Å². The van der Waals surface area contributed by atoms with Gasteiger partial charge in [-0.05, 0) is 12.1 Å². The quantitative estimate of drug-likeness (QED) is 0.508. The Morgan fingerprint density at radius 3 is 3.07 bits per heavy atom. The fourth-order valence-corrected chi connectivity index (χ4v) is 3.23. The molecular formula is C16H12ClN7O2S. The van der Waals surface area contributed by atoms with Crippen molar-refractivity contribution in [1.29, 1.82) is 0 Å². The van der Waals surface area contributed by atoms with Gasteiger partial charge in [0.15, 0.2) is 10.8 Å². The summed E-state index contributed by atoms with van der Waals surface area (Å²) in [5.74, 6) is 1.09. The van der Waals surface area contributed by atoms with Gasteiger partial charge in [-0.25, -0.2) is 9.97 Å². The Labute approximate surface area is 161 Å². The summed E-state index contributed by atoms with van der Waals surface area (Å²) in [7, 11) is 0. The van der Waals surface area contributed by atoms with Gasteiger partial charge in [0.1, 0.15) is 6.33 Å². The molecule has 136 valence electrons. The second-order valence-electron chi connectivity index (χ2n) is 5.45. The van der Waals surface area contributed by atoms with E-state index in [9.17, 15) is 4.79 Å². The molecule has 4 rings (SSSR count). The maximum Gasteiger partial charge on any atom is 0.246 e. The molecule has 11 heteroatoms. The number of aromatic nitrogens is 6. The Morgan fingerprint density at radius 2 is 2.26 bits per heavy atom. The monoisotopic (exact) mass is 401 g/mol. The molecule has 0 saturated carbocycles. The number of carbonyl (C=O) groups excluding carboxylic acids is 1. The molecule has 4 aromatic rings.